The van der Waals surface area contributed by atoms with Crippen molar-refractivity contribution in [2.45, 2.75) is 25.7 Å². The van der Waals surface area contributed by atoms with Crippen molar-refractivity contribution < 1.29 is 14.3 Å². The highest BCUT2D eigenvalue weighted by atomic mass is 79.9. The predicted octanol–water partition coefficient (Wildman–Crippen LogP) is 3.34. The van der Waals surface area contributed by atoms with E-state index in [2.05, 4.69) is 15.9 Å². The number of rotatable bonds is 2. The molecular weight excluding hydrogens is 275 g/mol. The first-order valence-corrected chi connectivity index (χ1v) is 5.79. The summed E-state index contributed by atoms with van der Waals surface area (Å²) in [6, 6.07) is 4.55. The van der Waals surface area contributed by atoms with E-state index in [9.17, 15) is 14.3 Å². The number of halogens is 2. The van der Waals surface area contributed by atoms with Gasteiger partial charge in [-0.15, -0.1) is 0 Å². The summed E-state index contributed by atoms with van der Waals surface area (Å²) in [4.78, 5) is 11.4. The van der Waals surface area contributed by atoms with Gasteiger partial charge in [-0.25, -0.2) is 4.39 Å². The molecule has 2 rings (SSSR count). The van der Waals surface area contributed by atoms with Crippen LogP contribution in [0.15, 0.2) is 22.7 Å². The number of carbonyl (C=O) groups is 1. The van der Waals surface area contributed by atoms with Gasteiger partial charge >= 0.3 is 5.97 Å². The molecular formula is C12H12BrFO2. The van der Waals surface area contributed by atoms with Crippen molar-refractivity contribution in [2.24, 2.45) is 5.41 Å². The second-order valence-corrected chi connectivity index (χ2v) is 5.75. The van der Waals surface area contributed by atoms with Crippen LogP contribution in [0.4, 0.5) is 4.39 Å². The smallest absolute Gasteiger partial charge is 0.314 e. The molecule has 0 aromatic heterocycles. The van der Waals surface area contributed by atoms with Crippen molar-refractivity contribution in [3.05, 3.63) is 34.1 Å². The van der Waals surface area contributed by atoms with Gasteiger partial charge in [-0.2, -0.15) is 0 Å². The largest absolute Gasteiger partial charge is 0.481 e. The van der Waals surface area contributed by atoms with E-state index in [0.29, 0.717) is 16.5 Å². The van der Waals surface area contributed by atoms with Crippen LogP contribution in [-0.2, 0) is 10.2 Å². The Kier molecular flexibility index (Phi) is 2.38. The molecule has 0 aliphatic heterocycles. The molecule has 0 spiro atoms. The van der Waals surface area contributed by atoms with Crippen LogP contribution in [0.25, 0.3) is 0 Å². The summed E-state index contributed by atoms with van der Waals surface area (Å²) in [5.74, 6) is -1.29. The highest BCUT2D eigenvalue weighted by Gasteiger charge is 2.67. The lowest BCUT2D eigenvalue weighted by Gasteiger charge is -2.16. The maximum Gasteiger partial charge on any atom is 0.314 e. The van der Waals surface area contributed by atoms with Gasteiger partial charge in [0.25, 0.3) is 0 Å². The Hall–Kier alpha value is -0.900. The van der Waals surface area contributed by atoms with Crippen LogP contribution in [0, 0.1) is 11.2 Å². The first kappa shape index (κ1) is 11.6. The first-order valence-electron chi connectivity index (χ1n) is 5.00. The number of hydrogen-bond donors (Lipinski definition) is 1. The van der Waals surface area contributed by atoms with Crippen LogP contribution in [-0.4, -0.2) is 11.1 Å². The SMILES string of the molecule is CC1(C)CC1(C(=O)O)c1ccc(Br)c(F)c1. The van der Waals surface area contributed by atoms with Gasteiger partial charge in [-0.05, 0) is 45.5 Å². The van der Waals surface area contributed by atoms with E-state index < -0.39 is 17.2 Å². The summed E-state index contributed by atoms with van der Waals surface area (Å²) in [6.45, 7) is 3.78. The lowest BCUT2D eigenvalue weighted by Crippen LogP contribution is -2.25. The van der Waals surface area contributed by atoms with Gasteiger partial charge in [0.1, 0.15) is 5.82 Å². The fraction of sp³-hybridized carbons (Fsp3) is 0.417. The standard InChI is InChI=1S/C12H12BrFO2/c1-11(2)6-12(11,10(15)16)7-3-4-8(13)9(14)5-7/h3-5H,6H2,1-2H3,(H,15,16). The van der Waals surface area contributed by atoms with E-state index in [1.165, 1.54) is 6.07 Å². The molecule has 0 saturated heterocycles. The molecule has 1 fully saturated rings. The lowest BCUT2D eigenvalue weighted by molar-refractivity contribution is -0.141. The molecule has 0 amide bonds. The predicted molar refractivity (Wildman–Crippen MR) is 61.8 cm³/mol. The lowest BCUT2D eigenvalue weighted by atomic mass is 9.88. The van der Waals surface area contributed by atoms with E-state index in [4.69, 9.17) is 0 Å². The van der Waals surface area contributed by atoms with Gasteiger partial charge < -0.3 is 5.11 Å². The monoisotopic (exact) mass is 286 g/mol. The van der Waals surface area contributed by atoms with Gasteiger partial charge in [-0.3, -0.25) is 4.79 Å². The van der Waals surface area contributed by atoms with E-state index in [-0.39, 0.29) is 5.41 Å². The van der Waals surface area contributed by atoms with Crippen LogP contribution < -0.4 is 0 Å². The Bertz CT molecular complexity index is 470. The van der Waals surface area contributed by atoms with Crippen molar-refractivity contribution in [3.63, 3.8) is 0 Å². The fourth-order valence-corrected chi connectivity index (χ4v) is 2.61. The summed E-state index contributed by atoms with van der Waals surface area (Å²) in [5.41, 5.74) is -0.682. The quantitative estimate of drug-likeness (QED) is 0.905. The van der Waals surface area contributed by atoms with Crippen molar-refractivity contribution in [2.75, 3.05) is 0 Å². The fourth-order valence-electron chi connectivity index (χ4n) is 2.36. The summed E-state index contributed by atoms with van der Waals surface area (Å²) in [5, 5.41) is 9.32. The Morgan fingerprint density at radius 2 is 2.06 bits per heavy atom. The van der Waals surface area contributed by atoms with Crippen LogP contribution in [0.2, 0.25) is 0 Å². The molecule has 1 aromatic carbocycles. The molecule has 1 saturated carbocycles. The number of carboxylic acid groups (broad SMARTS) is 1. The van der Waals surface area contributed by atoms with Gasteiger partial charge in [0.05, 0.1) is 9.89 Å². The van der Waals surface area contributed by atoms with Gasteiger partial charge in [0.2, 0.25) is 0 Å². The van der Waals surface area contributed by atoms with Crippen LogP contribution in [0.1, 0.15) is 25.8 Å². The molecule has 4 heteroatoms. The van der Waals surface area contributed by atoms with Gasteiger partial charge in [-0.1, -0.05) is 19.9 Å². The summed E-state index contributed by atoms with van der Waals surface area (Å²) >= 11 is 3.06. The van der Waals surface area contributed by atoms with Crippen LogP contribution >= 0.6 is 15.9 Å². The average molecular weight is 287 g/mol. The number of aliphatic carboxylic acids is 1. The summed E-state index contributed by atoms with van der Waals surface area (Å²) < 4.78 is 13.8. The van der Waals surface area contributed by atoms with E-state index in [1.54, 1.807) is 12.1 Å². The van der Waals surface area contributed by atoms with Crippen molar-refractivity contribution in [3.8, 4) is 0 Å². The topological polar surface area (TPSA) is 37.3 Å². The number of hydrogen-bond acceptors (Lipinski definition) is 1. The van der Waals surface area contributed by atoms with Crippen molar-refractivity contribution >= 4 is 21.9 Å². The highest BCUT2D eigenvalue weighted by molar-refractivity contribution is 9.10. The summed E-state index contributed by atoms with van der Waals surface area (Å²) in [6.07, 6.45) is 0.552. The minimum absolute atomic E-state index is 0.306. The molecule has 0 heterocycles. The second-order valence-electron chi connectivity index (χ2n) is 4.90. The molecule has 16 heavy (non-hydrogen) atoms. The Morgan fingerprint density at radius 3 is 2.44 bits per heavy atom. The molecule has 1 aliphatic carbocycles. The number of carboxylic acids is 1. The van der Waals surface area contributed by atoms with Gasteiger partial charge in [0, 0.05) is 0 Å². The first-order chi connectivity index (χ1) is 7.31. The van der Waals surface area contributed by atoms with Crippen molar-refractivity contribution in [1.82, 2.24) is 0 Å². The Labute approximate surface area is 102 Å². The summed E-state index contributed by atoms with van der Waals surface area (Å²) in [7, 11) is 0. The molecule has 1 N–H and O–H groups in total. The molecule has 2 nitrogen and oxygen atoms in total. The zero-order valence-corrected chi connectivity index (χ0v) is 10.6. The third kappa shape index (κ3) is 1.39. The Morgan fingerprint density at radius 1 is 1.50 bits per heavy atom. The molecule has 86 valence electrons. The second kappa shape index (κ2) is 3.29. The Balaban J connectivity index is 2.51. The minimum atomic E-state index is -0.922. The third-order valence-corrected chi connectivity index (χ3v) is 4.16. The zero-order chi connectivity index (χ0) is 12.1. The average Bonchev–Trinajstić information content (AvgIpc) is 2.75. The maximum atomic E-state index is 13.4. The molecule has 1 unspecified atom stereocenters. The van der Waals surface area contributed by atoms with E-state index >= 15 is 0 Å². The third-order valence-electron chi connectivity index (χ3n) is 3.51. The molecule has 0 bridgehead atoms. The van der Waals surface area contributed by atoms with Gasteiger partial charge in [0.15, 0.2) is 0 Å². The van der Waals surface area contributed by atoms with E-state index in [1.807, 2.05) is 13.8 Å². The van der Waals surface area contributed by atoms with Crippen LogP contribution in [0.3, 0.4) is 0 Å². The normalized spacial score (nSPS) is 26.5. The minimum Gasteiger partial charge on any atom is -0.481 e. The maximum absolute atomic E-state index is 13.4. The van der Waals surface area contributed by atoms with E-state index in [0.717, 1.165) is 0 Å². The molecule has 1 aliphatic rings. The van der Waals surface area contributed by atoms with Crippen molar-refractivity contribution in [1.29, 1.82) is 0 Å². The molecule has 1 aromatic rings. The molecule has 0 radical (unpaired) electrons. The number of benzene rings is 1. The highest BCUT2D eigenvalue weighted by Crippen LogP contribution is 2.64. The molecule has 1 atom stereocenters. The zero-order valence-electron chi connectivity index (χ0n) is 9.05. The van der Waals surface area contributed by atoms with Crippen LogP contribution in [0.5, 0.6) is 0 Å².